The van der Waals surface area contributed by atoms with Gasteiger partial charge in [0.15, 0.2) is 0 Å². The van der Waals surface area contributed by atoms with E-state index in [1.54, 1.807) is 18.2 Å². The van der Waals surface area contributed by atoms with Gasteiger partial charge in [-0.15, -0.1) is 0 Å². The molecule has 1 aliphatic heterocycles. The normalized spacial score (nSPS) is 16.2. The van der Waals surface area contributed by atoms with E-state index in [1.165, 1.54) is 24.3 Å². The van der Waals surface area contributed by atoms with Crippen molar-refractivity contribution in [2.45, 2.75) is 51.2 Å². The van der Waals surface area contributed by atoms with Gasteiger partial charge in [0.2, 0.25) is 0 Å². The van der Waals surface area contributed by atoms with Crippen LogP contribution in [0.25, 0.3) is 11.1 Å². The molecule has 7 heteroatoms. The molecular weight excluding hydrogens is 482 g/mol. The number of hydrogen-bond donors (Lipinski definition) is 1. The lowest BCUT2D eigenvalue weighted by molar-refractivity contribution is -0.139. The largest absolute Gasteiger partial charge is 0.481 e. The molecule has 1 aliphatic rings. The minimum absolute atomic E-state index is 0.130. The molecular formula is C30H31F4NO2. The molecule has 0 spiro atoms. The predicted octanol–water partition coefficient (Wildman–Crippen LogP) is 7.91. The highest BCUT2D eigenvalue weighted by Crippen LogP contribution is 2.38. The number of carboxylic acid groups (broad SMARTS) is 1. The SMILES string of the molecule is CC(C)CC(C(=O)O)c1cc(-c2ccc(C(F)(F)F)cc2)cc(C(c2ccc(F)cc2)N2CCCC2)c1. The second kappa shape index (κ2) is 11.1. The molecule has 0 saturated carbocycles. The van der Waals surface area contributed by atoms with Gasteiger partial charge in [0.1, 0.15) is 5.82 Å². The van der Waals surface area contributed by atoms with E-state index in [2.05, 4.69) is 4.90 Å². The summed E-state index contributed by atoms with van der Waals surface area (Å²) in [6.45, 7) is 5.61. The van der Waals surface area contributed by atoms with Gasteiger partial charge in [0.05, 0.1) is 17.5 Å². The topological polar surface area (TPSA) is 40.5 Å². The highest BCUT2D eigenvalue weighted by Gasteiger charge is 2.31. The summed E-state index contributed by atoms with van der Waals surface area (Å²) in [5.74, 6) is -1.92. The summed E-state index contributed by atoms with van der Waals surface area (Å²) in [5, 5.41) is 10.1. The van der Waals surface area contributed by atoms with Crippen molar-refractivity contribution in [2.24, 2.45) is 5.92 Å². The molecule has 2 unspecified atom stereocenters. The molecule has 2 atom stereocenters. The Balaban J connectivity index is 1.88. The summed E-state index contributed by atoms with van der Waals surface area (Å²) < 4.78 is 53.2. The van der Waals surface area contributed by atoms with Crippen LogP contribution in [0.4, 0.5) is 17.6 Å². The Morgan fingerprint density at radius 1 is 0.865 bits per heavy atom. The van der Waals surface area contributed by atoms with E-state index in [1.807, 2.05) is 26.0 Å². The van der Waals surface area contributed by atoms with E-state index >= 15 is 0 Å². The molecule has 37 heavy (non-hydrogen) atoms. The number of nitrogens with zero attached hydrogens (tertiary/aromatic N) is 1. The van der Waals surface area contributed by atoms with Crippen LogP contribution in [0.1, 0.15) is 67.3 Å². The molecule has 0 bridgehead atoms. The molecule has 1 saturated heterocycles. The van der Waals surface area contributed by atoms with Crippen LogP contribution in [0, 0.1) is 11.7 Å². The lowest BCUT2D eigenvalue weighted by atomic mass is 9.85. The molecule has 0 aliphatic carbocycles. The lowest BCUT2D eigenvalue weighted by Gasteiger charge is -2.30. The smallest absolute Gasteiger partial charge is 0.416 e. The van der Waals surface area contributed by atoms with Gasteiger partial charge in [0.25, 0.3) is 0 Å². The van der Waals surface area contributed by atoms with E-state index in [4.69, 9.17) is 0 Å². The summed E-state index contributed by atoms with van der Waals surface area (Å²) in [6.07, 6.45) is -1.97. The van der Waals surface area contributed by atoms with Crippen molar-refractivity contribution in [1.82, 2.24) is 4.90 Å². The van der Waals surface area contributed by atoms with Gasteiger partial charge in [-0.2, -0.15) is 13.2 Å². The fraction of sp³-hybridized carbons (Fsp3) is 0.367. The van der Waals surface area contributed by atoms with Gasteiger partial charge >= 0.3 is 12.1 Å². The molecule has 3 nitrogen and oxygen atoms in total. The van der Waals surface area contributed by atoms with Gasteiger partial charge in [-0.05, 0) is 96.4 Å². The Morgan fingerprint density at radius 3 is 2.00 bits per heavy atom. The van der Waals surface area contributed by atoms with Crippen LogP contribution in [0.15, 0.2) is 66.7 Å². The number of hydrogen-bond acceptors (Lipinski definition) is 2. The molecule has 1 heterocycles. The number of halogens is 4. The molecule has 0 amide bonds. The van der Waals surface area contributed by atoms with E-state index in [0.717, 1.165) is 49.2 Å². The fourth-order valence-electron chi connectivity index (χ4n) is 5.16. The minimum Gasteiger partial charge on any atom is -0.481 e. The standard InChI is InChI=1S/C30H31F4NO2/c1-19(2)15-27(29(36)37)23-16-22(20-5-9-25(10-6-20)30(32,33)34)17-24(18-23)28(35-13-3-4-14-35)21-7-11-26(31)12-8-21/h5-12,16-19,27-28H,3-4,13-15H2,1-2H3,(H,36,37). The second-order valence-corrected chi connectivity index (χ2v) is 10.2. The van der Waals surface area contributed by atoms with Crippen LogP contribution in [0.5, 0.6) is 0 Å². The first-order chi connectivity index (χ1) is 17.5. The van der Waals surface area contributed by atoms with Crippen molar-refractivity contribution in [2.75, 3.05) is 13.1 Å². The van der Waals surface area contributed by atoms with Gasteiger partial charge in [-0.25, -0.2) is 4.39 Å². The quantitative estimate of drug-likeness (QED) is 0.311. The van der Waals surface area contributed by atoms with Crippen molar-refractivity contribution in [3.8, 4) is 11.1 Å². The summed E-state index contributed by atoms with van der Waals surface area (Å²) in [4.78, 5) is 14.6. The van der Waals surface area contributed by atoms with E-state index in [0.29, 0.717) is 23.1 Å². The highest BCUT2D eigenvalue weighted by molar-refractivity contribution is 5.78. The Hall–Kier alpha value is -3.19. The first kappa shape index (κ1) is 26.9. The first-order valence-corrected chi connectivity index (χ1v) is 12.6. The third-order valence-corrected chi connectivity index (χ3v) is 6.94. The average Bonchev–Trinajstić information content (AvgIpc) is 3.37. The van der Waals surface area contributed by atoms with Crippen LogP contribution < -0.4 is 0 Å². The molecule has 4 rings (SSSR count). The minimum atomic E-state index is -4.44. The Bertz CT molecular complexity index is 1210. The van der Waals surface area contributed by atoms with Gasteiger partial charge in [0, 0.05) is 0 Å². The number of alkyl halides is 3. The zero-order chi connectivity index (χ0) is 26.7. The van der Waals surface area contributed by atoms with Crippen molar-refractivity contribution >= 4 is 5.97 Å². The number of rotatable bonds is 8. The molecule has 1 fully saturated rings. The number of likely N-dealkylation sites (tertiary alicyclic amines) is 1. The second-order valence-electron chi connectivity index (χ2n) is 10.2. The molecule has 196 valence electrons. The Morgan fingerprint density at radius 2 is 1.46 bits per heavy atom. The van der Waals surface area contributed by atoms with Gasteiger partial charge in [-0.1, -0.05) is 50.2 Å². The van der Waals surface area contributed by atoms with Gasteiger partial charge < -0.3 is 5.11 Å². The Kier molecular flexibility index (Phi) is 8.02. The van der Waals surface area contributed by atoms with Crippen molar-refractivity contribution in [3.63, 3.8) is 0 Å². The maximum atomic E-state index is 13.8. The first-order valence-electron chi connectivity index (χ1n) is 12.6. The van der Waals surface area contributed by atoms with Crippen LogP contribution in [-0.2, 0) is 11.0 Å². The average molecular weight is 514 g/mol. The number of carbonyl (C=O) groups is 1. The van der Waals surface area contributed by atoms with Crippen molar-refractivity contribution < 1.29 is 27.5 Å². The summed E-state index contributed by atoms with van der Waals surface area (Å²) in [5.41, 5.74) is 2.83. The van der Waals surface area contributed by atoms with Crippen LogP contribution >= 0.6 is 0 Å². The molecule has 1 N–H and O–H groups in total. The zero-order valence-corrected chi connectivity index (χ0v) is 20.9. The third-order valence-electron chi connectivity index (χ3n) is 6.94. The maximum Gasteiger partial charge on any atom is 0.416 e. The summed E-state index contributed by atoms with van der Waals surface area (Å²) >= 11 is 0. The highest BCUT2D eigenvalue weighted by atomic mass is 19.4. The molecule has 3 aromatic rings. The van der Waals surface area contributed by atoms with E-state index < -0.39 is 23.6 Å². The van der Waals surface area contributed by atoms with E-state index in [-0.39, 0.29) is 17.8 Å². The van der Waals surface area contributed by atoms with Gasteiger partial charge in [-0.3, -0.25) is 9.69 Å². The lowest BCUT2D eigenvalue weighted by Crippen LogP contribution is -2.27. The van der Waals surface area contributed by atoms with Crippen molar-refractivity contribution in [3.05, 3.63) is 94.8 Å². The zero-order valence-electron chi connectivity index (χ0n) is 20.9. The monoisotopic (exact) mass is 513 g/mol. The predicted molar refractivity (Wildman–Crippen MR) is 136 cm³/mol. The number of aliphatic carboxylic acids is 1. The van der Waals surface area contributed by atoms with Crippen LogP contribution in [0.2, 0.25) is 0 Å². The van der Waals surface area contributed by atoms with E-state index in [9.17, 15) is 27.5 Å². The molecule has 0 aromatic heterocycles. The summed E-state index contributed by atoms with van der Waals surface area (Å²) in [6, 6.07) is 16.6. The molecule has 0 radical (unpaired) electrons. The van der Waals surface area contributed by atoms with Crippen LogP contribution in [-0.4, -0.2) is 29.1 Å². The Labute approximate surface area is 214 Å². The van der Waals surface area contributed by atoms with Crippen LogP contribution in [0.3, 0.4) is 0 Å². The third kappa shape index (κ3) is 6.39. The maximum absolute atomic E-state index is 13.8. The van der Waals surface area contributed by atoms with Crippen molar-refractivity contribution in [1.29, 1.82) is 0 Å². The fourth-order valence-corrected chi connectivity index (χ4v) is 5.16. The number of benzene rings is 3. The number of carboxylic acids is 1. The summed E-state index contributed by atoms with van der Waals surface area (Å²) in [7, 11) is 0. The molecule has 3 aromatic carbocycles.